The molecule has 0 aliphatic heterocycles. The molecule has 0 atom stereocenters. The van der Waals surface area contributed by atoms with Gasteiger partial charge in [0.1, 0.15) is 0 Å². The maximum absolute atomic E-state index is 9.06. The van der Waals surface area contributed by atoms with Crippen molar-refractivity contribution in [1.82, 2.24) is 4.90 Å². The zero-order chi connectivity index (χ0) is 13.5. The second-order valence-electron chi connectivity index (χ2n) is 3.86. The van der Waals surface area contributed by atoms with Crippen molar-refractivity contribution < 1.29 is 70.6 Å². The Hall–Kier alpha value is -0.0561. The van der Waals surface area contributed by atoms with Crippen molar-refractivity contribution in [2.45, 2.75) is 13.8 Å². The average molecular weight is 465 g/mol. The second kappa shape index (κ2) is 11.6. The Balaban J connectivity index is 0. The van der Waals surface area contributed by atoms with Crippen molar-refractivity contribution in [3.63, 3.8) is 0 Å². The van der Waals surface area contributed by atoms with Crippen LogP contribution < -0.4 is 0 Å². The molecule has 0 aromatic heterocycles. The Bertz CT molecular complexity index is 475. The molecule has 1 aromatic rings. The summed E-state index contributed by atoms with van der Waals surface area (Å²) in [5.41, 5.74) is 2.39. The fraction of sp³-hybridized carbons (Fsp3) is 0.200. The molecule has 1 aromatic carbocycles. The van der Waals surface area contributed by atoms with Gasteiger partial charge in [-0.15, -0.1) is 13.0 Å². The number of rotatable bonds is 5. The van der Waals surface area contributed by atoms with Crippen LogP contribution in [0.1, 0.15) is 19.4 Å². The van der Waals surface area contributed by atoms with Crippen LogP contribution in [0.4, 0.5) is 5.69 Å². The van der Waals surface area contributed by atoms with Crippen molar-refractivity contribution in [1.29, 1.82) is 0 Å². The number of benzene rings is 1. The van der Waals surface area contributed by atoms with Crippen LogP contribution >= 0.6 is 0 Å². The van der Waals surface area contributed by atoms with E-state index in [1.54, 1.807) is 4.90 Å². The standard InChI is InChI=1S/C15H17N2O.V.Yb/c1-5-13(3)17(4)11-16-15-9-7-6-8-14(15)12(2)10-18;;/h6-10,18H,1H2,2-4H3;;/q-3;+2;. The van der Waals surface area contributed by atoms with Gasteiger partial charge in [-0.3, -0.25) is 0 Å². The molecule has 0 bridgehead atoms. The van der Waals surface area contributed by atoms with Crippen molar-refractivity contribution in [2.24, 2.45) is 4.99 Å². The largest absolute Gasteiger partial charge is 2.00 e. The maximum Gasteiger partial charge on any atom is 2.00 e. The Morgan fingerprint density at radius 3 is 2.60 bits per heavy atom. The number of hydrogen-bond acceptors (Lipinski definition) is 2. The van der Waals surface area contributed by atoms with Crippen LogP contribution in [0.25, 0.3) is 5.57 Å². The summed E-state index contributed by atoms with van der Waals surface area (Å²) >= 11 is 0. The molecule has 0 saturated carbocycles. The minimum atomic E-state index is 0. The van der Waals surface area contributed by atoms with Crippen molar-refractivity contribution >= 4 is 17.6 Å². The molecular formula is C15H17N2OVYb-. The molecule has 20 heavy (non-hydrogen) atoms. The van der Waals surface area contributed by atoms with E-state index >= 15 is 0 Å². The molecule has 0 spiro atoms. The molecule has 0 aliphatic carbocycles. The minimum Gasteiger partial charge on any atom is -0.670 e. The van der Waals surface area contributed by atoms with Crippen molar-refractivity contribution in [2.75, 3.05) is 7.05 Å². The fourth-order valence-electron chi connectivity index (χ4n) is 1.30. The van der Waals surface area contributed by atoms with Crippen LogP contribution in [0.5, 0.6) is 0 Å². The predicted molar refractivity (Wildman–Crippen MR) is 75.4 cm³/mol. The Kier molecular flexibility index (Phi) is 12.9. The van der Waals surface area contributed by atoms with Gasteiger partial charge in [0, 0.05) is 46.9 Å². The van der Waals surface area contributed by atoms with Crippen LogP contribution in [0, 0.1) is 59.0 Å². The molecule has 0 heterocycles. The van der Waals surface area contributed by atoms with Gasteiger partial charge in [-0.1, -0.05) is 35.8 Å². The number of aliphatic hydroxyl groups excluding tert-OH is 1. The molecule has 1 radical (unpaired) electrons. The van der Waals surface area contributed by atoms with Crippen LogP contribution in [-0.2, 0) is 18.6 Å². The van der Waals surface area contributed by atoms with Crippen molar-refractivity contribution in [3.05, 3.63) is 54.8 Å². The zero-order valence-corrected chi connectivity index (χ0v) is 14.8. The summed E-state index contributed by atoms with van der Waals surface area (Å²) < 4.78 is 0. The van der Waals surface area contributed by atoms with Gasteiger partial charge >= 0.3 is 18.6 Å². The number of likely N-dealkylation sites (N-methyl/N-ethyl adjacent to an activating group) is 1. The van der Waals surface area contributed by atoms with Crippen molar-refractivity contribution in [3.8, 4) is 0 Å². The topological polar surface area (TPSA) is 35.8 Å². The third kappa shape index (κ3) is 6.60. The molecule has 1 N–H and O–H groups in total. The van der Waals surface area contributed by atoms with Gasteiger partial charge in [0.15, 0.2) is 0 Å². The molecule has 0 amide bonds. The van der Waals surface area contributed by atoms with E-state index in [1.807, 2.05) is 45.2 Å². The summed E-state index contributed by atoms with van der Waals surface area (Å²) in [7, 11) is 1.83. The molecule has 5 heteroatoms. The van der Waals surface area contributed by atoms with E-state index in [4.69, 9.17) is 5.11 Å². The molecule has 0 saturated heterocycles. The molecule has 1 rings (SSSR count). The van der Waals surface area contributed by atoms with Gasteiger partial charge in [-0.25, -0.2) is 0 Å². The fourth-order valence-corrected chi connectivity index (χ4v) is 1.30. The quantitative estimate of drug-likeness (QED) is 0.237. The summed E-state index contributed by atoms with van der Waals surface area (Å²) in [6, 6.07) is 8.41. The Morgan fingerprint density at radius 1 is 1.45 bits per heavy atom. The third-order valence-electron chi connectivity index (χ3n) is 2.60. The normalized spacial score (nSPS) is 10.4. The Labute approximate surface area is 172 Å². The Morgan fingerprint density at radius 2 is 2.05 bits per heavy atom. The molecule has 113 valence electrons. The summed E-state index contributed by atoms with van der Waals surface area (Å²) in [4.78, 5) is 5.99. The minimum absolute atomic E-state index is 0. The van der Waals surface area contributed by atoms with Gasteiger partial charge in [0.25, 0.3) is 0 Å². The van der Waals surface area contributed by atoms with Crippen LogP contribution in [0.2, 0.25) is 0 Å². The number of para-hydroxylation sites is 1. The molecule has 3 nitrogen and oxygen atoms in total. The summed E-state index contributed by atoms with van der Waals surface area (Å²) in [5.74, 6) is 0. The van der Waals surface area contributed by atoms with Crippen LogP contribution in [0.15, 0.2) is 42.1 Å². The first-order valence-corrected chi connectivity index (χ1v) is 5.57. The van der Waals surface area contributed by atoms with Gasteiger partial charge in [0.2, 0.25) is 0 Å². The number of hydrogen-bond donors (Lipinski definition) is 1. The molecular weight excluding hydrogens is 448 g/mol. The average Bonchev–Trinajstić information content (AvgIpc) is 2.43. The maximum atomic E-state index is 9.06. The summed E-state index contributed by atoms with van der Waals surface area (Å²) in [6.07, 6.45) is 6.72. The number of allylic oxidation sites excluding steroid dienone is 1. The first kappa shape index (κ1) is 22.2. The predicted octanol–water partition coefficient (Wildman–Crippen LogP) is 3.61. The van der Waals surface area contributed by atoms with E-state index in [9.17, 15) is 0 Å². The van der Waals surface area contributed by atoms with E-state index in [1.165, 1.54) is 0 Å². The summed E-state index contributed by atoms with van der Waals surface area (Å²) in [5, 5.41) is 9.06. The number of aliphatic imine (C=N–C) groups is 1. The number of aliphatic hydroxyl groups is 1. The smallest absolute Gasteiger partial charge is 0.670 e. The number of nitrogens with zero attached hydrogens (tertiary/aromatic N) is 2. The van der Waals surface area contributed by atoms with Gasteiger partial charge in [-0.05, 0) is 19.5 Å². The third-order valence-corrected chi connectivity index (χ3v) is 2.60. The van der Waals surface area contributed by atoms with Crippen LogP contribution in [-0.4, -0.2) is 23.4 Å². The van der Waals surface area contributed by atoms with E-state index in [2.05, 4.69) is 24.0 Å². The zero-order valence-electron chi connectivity index (χ0n) is 11.6. The van der Waals surface area contributed by atoms with Gasteiger partial charge < -0.3 is 33.7 Å². The monoisotopic (exact) mass is 466 g/mol. The first-order valence-electron chi connectivity index (χ1n) is 5.57. The van der Waals surface area contributed by atoms with E-state index in [-0.39, 0.29) is 65.5 Å². The molecule has 0 fully saturated rings. The first-order chi connectivity index (χ1) is 8.60. The van der Waals surface area contributed by atoms with E-state index in [0.29, 0.717) is 0 Å². The van der Waals surface area contributed by atoms with Crippen LogP contribution in [0.3, 0.4) is 0 Å². The molecule has 0 aliphatic rings. The summed E-state index contributed by atoms with van der Waals surface area (Å²) in [6.45, 7) is 7.27. The van der Waals surface area contributed by atoms with E-state index in [0.717, 1.165) is 29.1 Å². The second-order valence-corrected chi connectivity index (χ2v) is 3.86. The van der Waals surface area contributed by atoms with E-state index < -0.39 is 0 Å². The van der Waals surface area contributed by atoms with Gasteiger partial charge in [0.05, 0.1) is 6.26 Å². The van der Waals surface area contributed by atoms with Gasteiger partial charge in [-0.2, -0.15) is 0 Å². The molecule has 0 unspecified atom stereocenters. The SMILES string of the molecule is C=[C-][C-](C)N(C)[C-]=Nc1ccccc1C(C)=CO.[V+2].[Yb].